The van der Waals surface area contributed by atoms with Gasteiger partial charge >= 0.3 is 5.97 Å². The molecular weight excluding hydrogens is 218 g/mol. The number of aliphatic carboxylic acids is 1. The number of carboxylic acids is 1. The van der Waals surface area contributed by atoms with E-state index in [0.717, 1.165) is 11.1 Å². The quantitative estimate of drug-likeness (QED) is 0.745. The highest BCUT2D eigenvalue weighted by Gasteiger charge is 2.19. The molecule has 1 unspecified atom stereocenters. The number of aromatic hydroxyl groups is 1. The van der Waals surface area contributed by atoms with Gasteiger partial charge in [0.15, 0.2) is 0 Å². The normalized spacial score (nSPS) is 12.8. The van der Waals surface area contributed by atoms with Crippen LogP contribution < -0.4 is 5.73 Å². The Balaban J connectivity index is 3.19. The van der Waals surface area contributed by atoms with Crippen molar-refractivity contribution in [2.45, 2.75) is 39.2 Å². The number of carboxylic acid groups (broad SMARTS) is 1. The zero-order valence-electron chi connectivity index (χ0n) is 10.4. The molecular formula is C13H19NO3. The summed E-state index contributed by atoms with van der Waals surface area (Å²) < 4.78 is 0. The van der Waals surface area contributed by atoms with E-state index in [-0.39, 0.29) is 18.1 Å². The number of phenols is 1. The van der Waals surface area contributed by atoms with E-state index in [1.807, 2.05) is 26.0 Å². The number of hydrogen-bond acceptors (Lipinski definition) is 3. The van der Waals surface area contributed by atoms with Crippen LogP contribution in [0.15, 0.2) is 12.1 Å². The molecule has 0 saturated heterocycles. The first-order valence-corrected chi connectivity index (χ1v) is 5.64. The molecule has 0 bridgehead atoms. The minimum atomic E-state index is -1.05. The largest absolute Gasteiger partial charge is 0.507 e. The van der Waals surface area contributed by atoms with Gasteiger partial charge in [0.25, 0.3) is 0 Å². The van der Waals surface area contributed by atoms with Gasteiger partial charge in [-0.3, -0.25) is 4.79 Å². The summed E-state index contributed by atoms with van der Waals surface area (Å²) >= 11 is 0. The van der Waals surface area contributed by atoms with Gasteiger partial charge in [0.2, 0.25) is 0 Å². The third-order valence-electron chi connectivity index (χ3n) is 2.88. The second-order valence-electron chi connectivity index (χ2n) is 4.60. The van der Waals surface area contributed by atoms with Crippen molar-refractivity contribution < 1.29 is 15.0 Å². The van der Waals surface area contributed by atoms with Crippen LogP contribution >= 0.6 is 0 Å². The van der Waals surface area contributed by atoms with E-state index in [4.69, 9.17) is 10.8 Å². The van der Waals surface area contributed by atoms with E-state index in [0.29, 0.717) is 5.56 Å². The fourth-order valence-corrected chi connectivity index (χ4v) is 1.83. The van der Waals surface area contributed by atoms with E-state index >= 15 is 0 Å². The van der Waals surface area contributed by atoms with Crippen LogP contribution in [0.5, 0.6) is 5.75 Å². The fourth-order valence-electron chi connectivity index (χ4n) is 1.83. The molecule has 17 heavy (non-hydrogen) atoms. The maximum Gasteiger partial charge on any atom is 0.320 e. The minimum Gasteiger partial charge on any atom is -0.507 e. The van der Waals surface area contributed by atoms with Crippen LogP contribution in [0, 0.1) is 6.92 Å². The summed E-state index contributed by atoms with van der Waals surface area (Å²) in [5.74, 6) is -0.675. The summed E-state index contributed by atoms with van der Waals surface area (Å²) in [7, 11) is 0. The van der Waals surface area contributed by atoms with E-state index in [1.54, 1.807) is 6.92 Å². The molecule has 1 atom stereocenters. The van der Waals surface area contributed by atoms with E-state index in [1.165, 1.54) is 0 Å². The number of aryl methyl sites for hydroxylation is 1. The first-order chi connectivity index (χ1) is 7.84. The van der Waals surface area contributed by atoms with Crippen LogP contribution in [0.25, 0.3) is 0 Å². The maximum absolute atomic E-state index is 10.8. The Morgan fingerprint density at radius 2 is 2.00 bits per heavy atom. The van der Waals surface area contributed by atoms with Crippen LogP contribution in [-0.4, -0.2) is 22.2 Å². The zero-order valence-corrected chi connectivity index (χ0v) is 10.4. The van der Waals surface area contributed by atoms with Crippen LogP contribution in [0.2, 0.25) is 0 Å². The van der Waals surface area contributed by atoms with Gasteiger partial charge in [-0.25, -0.2) is 0 Å². The predicted octanol–water partition coefficient (Wildman–Crippen LogP) is 1.78. The molecule has 0 radical (unpaired) electrons. The molecule has 0 aliphatic rings. The first kappa shape index (κ1) is 13.5. The lowest BCUT2D eigenvalue weighted by atomic mass is 9.91. The Hall–Kier alpha value is -1.55. The van der Waals surface area contributed by atoms with Crippen molar-refractivity contribution in [2.75, 3.05) is 0 Å². The van der Waals surface area contributed by atoms with E-state index in [2.05, 4.69) is 0 Å². The highest BCUT2D eigenvalue weighted by atomic mass is 16.4. The van der Waals surface area contributed by atoms with Gasteiger partial charge < -0.3 is 15.9 Å². The van der Waals surface area contributed by atoms with Crippen molar-refractivity contribution in [1.82, 2.24) is 0 Å². The van der Waals surface area contributed by atoms with Gasteiger partial charge in [-0.05, 0) is 29.5 Å². The molecule has 0 fully saturated rings. The second kappa shape index (κ2) is 5.19. The molecule has 1 aromatic rings. The predicted molar refractivity (Wildman–Crippen MR) is 66.2 cm³/mol. The Bertz CT molecular complexity index is 427. The van der Waals surface area contributed by atoms with Crippen LogP contribution in [0.3, 0.4) is 0 Å². The summed E-state index contributed by atoms with van der Waals surface area (Å²) in [5.41, 5.74) is 7.86. The Kier molecular flexibility index (Phi) is 4.12. The molecule has 94 valence electrons. The first-order valence-electron chi connectivity index (χ1n) is 5.64. The summed E-state index contributed by atoms with van der Waals surface area (Å²) in [4.78, 5) is 10.8. The Morgan fingerprint density at radius 3 is 2.47 bits per heavy atom. The molecule has 0 aliphatic carbocycles. The monoisotopic (exact) mass is 237 g/mol. The van der Waals surface area contributed by atoms with Gasteiger partial charge in [0.1, 0.15) is 11.8 Å². The van der Waals surface area contributed by atoms with Gasteiger partial charge in [0, 0.05) is 6.42 Å². The summed E-state index contributed by atoms with van der Waals surface area (Å²) in [6.45, 7) is 5.79. The second-order valence-corrected chi connectivity index (χ2v) is 4.60. The van der Waals surface area contributed by atoms with Gasteiger partial charge in [0.05, 0.1) is 0 Å². The van der Waals surface area contributed by atoms with Crippen molar-refractivity contribution in [1.29, 1.82) is 0 Å². The standard InChI is InChI=1S/C13H19NO3/c1-7(2)9-5-4-8(3)12(15)10(9)6-11(14)13(16)17/h4-5,7,11,15H,6,14H2,1-3H3,(H,16,17). The molecule has 0 saturated carbocycles. The average Bonchev–Trinajstić information content (AvgIpc) is 2.24. The molecule has 0 heterocycles. The molecule has 0 aliphatic heterocycles. The number of hydrogen-bond donors (Lipinski definition) is 3. The highest BCUT2D eigenvalue weighted by Crippen LogP contribution is 2.31. The van der Waals surface area contributed by atoms with Crippen molar-refractivity contribution in [3.05, 3.63) is 28.8 Å². The van der Waals surface area contributed by atoms with Gasteiger partial charge in [-0.2, -0.15) is 0 Å². The Labute approximate surface area is 101 Å². The third kappa shape index (κ3) is 2.97. The summed E-state index contributed by atoms with van der Waals surface area (Å²) in [5, 5.41) is 18.8. The molecule has 0 spiro atoms. The molecule has 4 N–H and O–H groups in total. The maximum atomic E-state index is 10.8. The van der Waals surface area contributed by atoms with Gasteiger partial charge in [-0.1, -0.05) is 26.0 Å². The molecule has 0 amide bonds. The highest BCUT2D eigenvalue weighted by molar-refractivity contribution is 5.74. The lowest BCUT2D eigenvalue weighted by molar-refractivity contribution is -0.138. The summed E-state index contributed by atoms with van der Waals surface area (Å²) in [6.07, 6.45) is 0.149. The third-order valence-corrected chi connectivity index (χ3v) is 2.88. The van der Waals surface area contributed by atoms with E-state index in [9.17, 15) is 9.90 Å². The number of phenolic OH excluding ortho intramolecular Hbond substituents is 1. The lowest BCUT2D eigenvalue weighted by Gasteiger charge is -2.17. The van der Waals surface area contributed by atoms with Crippen LogP contribution in [0.4, 0.5) is 0 Å². The van der Waals surface area contributed by atoms with Crippen molar-refractivity contribution in [3.8, 4) is 5.75 Å². The molecule has 4 heteroatoms. The lowest BCUT2D eigenvalue weighted by Crippen LogP contribution is -2.32. The zero-order chi connectivity index (χ0) is 13.2. The molecule has 0 aromatic heterocycles. The van der Waals surface area contributed by atoms with Crippen molar-refractivity contribution >= 4 is 5.97 Å². The number of rotatable bonds is 4. The molecule has 1 aromatic carbocycles. The van der Waals surface area contributed by atoms with Crippen molar-refractivity contribution in [3.63, 3.8) is 0 Å². The fraction of sp³-hybridized carbons (Fsp3) is 0.462. The van der Waals surface area contributed by atoms with Crippen LogP contribution in [0.1, 0.15) is 36.5 Å². The summed E-state index contributed by atoms with van der Waals surface area (Å²) in [6, 6.07) is 2.77. The smallest absolute Gasteiger partial charge is 0.320 e. The number of carbonyl (C=O) groups is 1. The Morgan fingerprint density at radius 1 is 1.41 bits per heavy atom. The molecule has 4 nitrogen and oxygen atoms in total. The minimum absolute atomic E-state index is 0.149. The number of benzene rings is 1. The van der Waals surface area contributed by atoms with Crippen molar-refractivity contribution in [2.24, 2.45) is 5.73 Å². The molecule has 1 rings (SSSR count). The average molecular weight is 237 g/mol. The SMILES string of the molecule is Cc1ccc(C(C)C)c(CC(N)C(=O)O)c1O. The van der Waals surface area contributed by atoms with Gasteiger partial charge in [-0.15, -0.1) is 0 Å². The van der Waals surface area contributed by atoms with E-state index < -0.39 is 12.0 Å². The topological polar surface area (TPSA) is 83.6 Å². The van der Waals surface area contributed by atoms with Crippen LogP contribution in [-0.2, 0) is 11.2 Å². The number of nitrogens with two attached hydrogens (primary N) is 1.